The Morgan fingerprint density at radius 1 is 1.83 bits per heavy atom. The number of nitrogens with zero attached hydrogens (tertiary/aromatic N) is 2. The number of hydrogen-bond acceptors (Lipinski definition) is 3. The van der Waals surface area contributed by atoms with E-state index in [2.05, 4.69) is 25.8 Å². The second-order valence-corrected chi connectivity index (χ2v) is 3.13. The summed E-state index contributed by atoms with van der Waals surface area (Å²) in [4.78, 5) is 11.0. The van der Waals surface area contributed by atoms with Crippen LogP contribution in [0.4, 0.5) is 0 Å². The van der Waals surface area contributed by atoms with Gasteiger partial charge in [-0.1, -0.05) is 0 Å². The average Bonchev–Trinajstić information content (AvgIpc) is 2.49. The zero-order chi connectivity index (χ0) is 9.14. The van der Waals surface area contributed by atoms with Crippen LogP contribution in [0.2, 0.25) is 0 Å². The molecule has 0 bridgehead atoms. The molecule has 0 spiro atoms. The summed E-state index contributed by atoms with van der Waals surface area (Å²) < 4.78 is 6.80. The molecule has 1 heterocycles. The molecule has 0 radical (unpaired) electrons. The molecule has 1 rings (SSSR count). The number of methoxy groups -OCH3 is 1. The molecule has 0 aromatic carbocycles. The Kier molecular flexibility index (Phi) is 2.86. The van der Waals surface area contributed by atoms with E-state index in [0.717, 1.165) is 0 Å². The van der Waals surface area contributed by atoms with Crippen molar-refractivity contribution >= 4 is 21.9 Å². The first-order valence-corrected chi connectivity index (χ1v) is 4.23. The van der Waals surface area contributed by atoms with Crippen molar-refractivity contribution in [1.82, 2.24) is 9.78 Å². The summed E-state index contributed by atoms with van der Waals surface area (Å²) in [7, 11) is 1.36. The van der Waals surface area contributed by atoms with Gasteiger partial charge in [-0.2, -0.15) is 5.10 Å². The van der Waals surface area contributed by atoms with Gasteiger partial charge >= 0.3 is 5.97 Å². The summed E-state index contributed by atoms with van der Waals surface area (Å²) >= 11 is 3.19. The van der Waals surface area contributed by atoms with Gasteiger partial charge in [0.05, 0.1) is 7.11 Å². The Morgan fingerprint density at radius 2 is 2.50 bits per heavy atom. The van der Waals surface area contributed by atoms with Gasteiger partial charge in [0.2, 0.25) is 0 Å². The van der Waals surface area contributed by atoms with Crippen LogP contribution < -0.4 is 0 Å². The van der Waals surface area contributed by atoms with Crippen LogP contribution in [0.25, 0.3) is 0 Å². The second-order valence-electron chi connectivity index (χ2n) is 2.32. The molecule has 0 aliphatic carbocycles. The lowest BCUT2D eigenvalue weighted by atomic mass is 10.3. The fraction of sp³-hybridized carbons (Fsp3) is 0.429. The molecule has 66 valence electrons. The van der Waals surface area contributed by atoms with Gasteiger partial charge in [-0.05, 0) is 28.9 Å². The lowest BCUT2D eigenvalue weighted by Gasteiger charge is -2.08. The van der Waals surface area contributed by atoms with Crippen LogP contribution in [0.15, 0.2) is 16.9 Å². The van der Waals surface area contributed by atoms with Gasteiger partial charge in [-0.15, -0.1) is 0 Å². The Hall–Kier alpha value is -0.840. The number of esters is 1. The molecule has 0 saturated heterocycles. The van der Waals surface area contributed by atoms with E-state index in [4.69, 9.17) is 0 Å². The second kappa shape index (κ2) is 3.71. The van der Waals surface area contributed by atoms with E-state index in [1.54, 1.807) is 19.2 Å². The smallest absolute Gasteiger partial charge is 0.330 e. The molecule has 0 fully saturated rings. The Bertz CT molecular complexity index is 285. The zero-order valence-electron chi connectivity index (χ0n) is 6.82. The fourth-order valence-corrected chi connectivity index (χ4v) is 1.11. The van der Waals surface area contributed by atoms with Gasteiger partial charge in [-0.25, -0.2) is 4.79 Å². The Morgan fingerprint density at radius 3 is 2.92 bits per heavy atom. The lowest BCUT2D eigenvalue weighted by molar-refractivity contribution is -0.144. The van der Waals surface area contributed by atoms with E-state index >= 15 is 0 Å². The topological polar surface area (TPSA) is 44.1 Å². The van der Waals surface area contributed by atoms with E-state index in [-0.39, 0.29) is 12.0 Å². The summed E-state index contributed by atoms with van der Waals surface area (Å²) in [6.07, 6.45) is 1.71. The molecule has 0 aliphatic rings. The van der Waals surface area contributed by atoms with Crippen molar-refractivity contribution in [2.45, 2.75) is 13.0 Å². The van der Waals surface area contributed by atoms with Gasteiger partial charge in [0.1, 0.15) is 10.6 Å². The predicted octanol–water partition coefficient (Wildman–Crippen LogP) is 1.38. The molecule has 0 N–H and O–H groups in total. The average molecular weight is 233 g/mol. The molecule has 0 unspecified atom stereocenters. The fourth-order valence-electron chi connectivity index (χ4n) is 0.809. The van der Waals surface area contributed by atoms with Crippen molar-refractivity contribution in [2.75, 3.05) is 7.11 Å². The van der Waals surface area contributed by atoms with Crippen molar-refractivity contribution in [2.24, 2.45) is 0 Å². The van der Waals surface area contributed by atoms with Gasteiger partial charge in [-0.3, -0.25) is 4.68 Å². The highest BCUT2D eigenvalue weighted by Gasteiger charge is 2.15. The maximum Gasteiger partial charge on any atom is 0.330 e. The molecule has 0 aliphatic heterocycles. The van der Waals surface area contributed by atoms with Crippen molar-refractivity contribution < 1.29 is 9.53 Å². The van der Waals surface area contributed by atoms with Crippen LogP contribution in [0.3, 0.4) is 0 Å². The van der Waals surface area contributed by atoms with Crippen LogP contribution >= 0.6 is 15.9 Å². The third kappa shape index (κ3) is 1.85. The first kappa shape index (κ1) is 9.25. The van der Waals surface area contributed by atoms with Crippen LogP contribution in [-0.2, 0) is 9.53 Å². The first-order chi connectivity index (χ1) is 5.65. The number of halogens is 1. The minimum absolute atomic E-state index is 0.300. The number of rotatable bonds is 2. The lowest BCUT2D eigenvalue weighted by Crippen LogP contribution is -2.18. The van der Waals surface area contributed by atoms with E-state index in [0.29, 0.717) is 4.60 Å². The molecule has 1 aromatic rings. The molecular weight excluding hydrogens is 224 g/mol. The maximum absolute atomic E-state index is 11.0. The summed E-state index contributed by atoms with van der Waals surface area (Å²) in [6, 6.07) is 1.39. The Balaban J connectivity index is 2.77. The summed E-state index contributed by atoms with van der Waals surface area (Å²) in [6.45, 7) is 1.73. The highest BCUT2D eigenvalue weighted by molar-refractivity contribution is 9.10. The highest BCUT2D eigenvalue weighted by atomic mass is 79.9. The zero-order valence-corrected chi connectivity index (χ0v) is 8.41. The number of ether oxygens (including phenoxy) is 1. The van der Waals surface area contributed by atoms with Crippen LogP contribution in [0.5, 0.6) is 0 Å². The van der Waals surface area contributed by atoms with Gasteiger partial charge in [0.25, 0.3) is 0 Å². The Labute approximate surface area is 78.6 Å². The first-order valence-electron chi connectivity index (χ1n) is 3.43. The molecule has 1 aromatic heterocycles. The number of carbonyl (C=O) groups excluding carboxylic acids is 1. The molecule has 0 amide bonds. The van der Waals surface area contributed by atoms with E-state index in [9.17, 15) is 4.79 Å². The highest BCUT2D eigenvalue weighted by Crippen LogP contribution is 2.10. The minimum Gasteiger partial charge on any atom is -0.467 e. The monoisotopic (exact) mass is 232 g/mol. The summed E-state index contributed by atoms with van der Waals surface area (Å²) in [5, 5.41) is 4.01. The van der Waals surface area contributed by atoms with Crippen molar-refractivity contribution in [1.29, 1.82) is 0 Å². The number of carbonyl (C=O) groups is 1. The van der Waals surface area contributed by atoms with Crippen LogP contribution in [0.1, 0.15) is 13.0 Å². The van der Waals surface area contributed by atoms with E-state index < -0.39 is 0 Å². The van der Waals surface area contributed by atoms with Gasteiger partial charge < -0.3 is 4.74 Å². The third-order valence-electron chi connectivity index (χ3n) is 1.51. The summed E-state index contributed by atoms with van der Waals surface area (Å²) in [5.74, 6) is -0.300. The van der Waals surface area contributed by atoms with Crippen molar-refractivity contribution in [3.63, 3.8) is 0 Å². The van der Waals surface area contributed by atoms with Gasteiger partial charge in [0, 0.05) is 6.20 Å². The molecule has 0 saturated carbocycles. The maximum atomic E-state index is 11.0. The number of hydrogen-bond donors (Lipinski definition) is 0. The molecular formula is C7H9BrN2O2. The van der Waals surface area contributed by atoms with Crippen molar-refractivity contribution in [3.8, 4) is 0 Å². The minimum atomic E-state index is -0.374. The molecule has 5 heteroatoms. The summed E-state index contributed by atoms with van der Waals surface area (Å²) in [5.41, 5.74) is 0. The molecule has 1 atom stereocenters. The van der Waals surface area contributed by atoms with Crippen molar-refractivity contribution in [3.05, 3.63) is 16.9 Å². The molecule has 12 heavy (non-hydrogen) atoms. The van der Waals surface area contributed by atoms with E-state index in [1.165, 1.54) is 11.8 Å². The standard InChI is InChI=1S/C7H9BrN2O2/c1-5(7(11)12-2)10-4-3-6(8)9-10/h3-5H,1-2H3/t5-/m0/s1. The largest absolute Gasteiger partial charge is 0.467 e. The quantitative estimate of drug-likeness (QED) is 0.725. The normalized spacial score (nSPS) is 12.6. The molecule has 4 nitrogen and oxygen atoms in total. The predicted molar refractivity (Wildman–Crippen MR) is 46.7 cm³/mol. The van der Waals surface area contributed by atoms with Crippen LogP contribution in [0, 0.1) is 0 Å². The SMILES string of the molecule is COC(=O)[C@H](C)n1ccc(Br)n1. The van der Waals surface area contributed by atoms with E-state index in [1.807, 2.05) is 0 Å². The van der Waals surface area contributed by atoms with Gasteiger partial charge in [0.15, 0.2) is 0 Å². The van der Waals surface area contributed by atoms with Crippen LogP contribution in [-0.4, -0.2) is 22.9 Å². The third-order valence-corrected chi connectivity index (χ3v) is 1.94. The number of aromatic nitrogens is 2.